The Kier molecular flexibility index (Phi) is 5.41. The maximum atomic E-state index is 12.1. The zero-order valence-corrected chi connectivity index (χ0v) is 15.2. The van der Waals surface area contributed by atoms with Crippen LogP contribution in [0.2, 0.25) is 0 Å². The number of hydrogen-bond donors (Lipinski definition) is 2. The largest absolute Gasteiger partial charge is 0.301 e. The number of piperazine rings is 1. The molecule has 0 bridgehead atoms. The number of nitrogens with zero attached hydrogens (tertiary/aromatic N) is 3. The molecule has 130 valence electrons. The van der Waals surface area contributed by atoms with Crippen molar-refractivity contribution in [1.29, 1.82) is 0 Å². The predicted molar refractivity (Wildman–Crippen MR) is 90.6 cm³/mol. The Morgan fingerprint density at radius 2 is 1.96 bits per heavy atom. The molecule has 1 saturated heterocycles. The molecule has 1 fully saturated rings. The molecule has 23 heavy (non-hydrogen) atoms. The molecule has 0 unspecified atom stereocenters. The smallest absolute Gasteiger partial charge is 0.276 e. The molecule has 0 aromatic carbocycles. The van der Waals surface area contributed by atoms with Gasteiger partial charge in [0.2, 0.25) is 5.91 Å². The highest BCUT2D eigenvalue weighted by Crippen LogP contribution is 2.26. The first-order valence-corrected chi connectivity index (χ1v) is 9.70. The summed E-state index contributed by atoms with van der Waals surface area (Å²) in [4.78, 5) is 18.4. The van der Waals surface area contributed by atoms with Gasteiger partial charge in [0.15, 0.2) is 5.13 Å². The maximum Gasteiger partial charge on any atom is 0.276 e. The standard InChI is InChI=1S/C13H23N5O3S2/c1-13(2,3)10-9-22-12(15-10)16-11(19)8-17-4-6-18(7-5-17)23(14,20)21/h9H,4-8H2,1-3H3,(H2,14,20,21)(H,15,16,19). The van der Waals surface area contributed by atoms with Crippen molar-refractivity contribution in [1.82, 2.24) is 14.2 Å². The van der Waals surface area contributed by atoms with E-state index in [0.29, 0.717) is 31.3 Å². The molecule has 1 aliphatic heterocycles. The fraction of sp³-hybridized carbons (Fsp3) is 0.692. The zero-order chi connectivity index (χ0) is 17.3. The van der Waals surface area contributed by atoms with Gasteiger partial charge in [-0.15, -0.1) is 11.3 Å². The highest BCUT2D eigenvalue weighted by molar-refractivity contribution is 7.86. The van der Waals surface area contributed by atoms with E-state index in [0.717, 1.165) is 5.69 Å². The first-order chi connectivity index (χ1) is 10.6. The number of hydrogen-bond acceptors (Lipinski definition) is 6. The number of nitrogens with two attached hydrogens (primary N) is 1. The molecule has 0 spiro atoms. The summed E-state index contributed by atoms with van der Waals surface area (Å²) in [5.74, 6) is -0.149. The highest BCUT2D eigenvalue weighted by Gasteiger charge is 2.25. The normalized spacial score (nSPS) is 18.1. The molecule has 0 radical (unpaired) electrons. The number of carbonyl (C=O) groups excluding carboxylic acids is 1. The summed E-state index contributed by atoms with van der Waals surface area (Å²) in [6.45, 7) is 7.98. The lowest BCUT2D eigenvalue weighted by atomic mass is 9.93. The van der Waals surface area contributed by atoms with E-state index in [1.165, 1.54) is 15.6 Å². The Morgan fingerprint density at radius 1 is 1.35 bits per heavy atom. The lowest BCUT2D eigenvalue weighted by Gasteiger charge is -2.32. The quantitative estimate of drug-likeness (QED) is 0.796. The fourth-order valence-electron chi connectivity index (χ4n) is 2.18. The second-order valence-corrected chi connectivity index (χ2v) is 8.96. The summed E-state index contributed by atoms with van der Waals surface area (Å²) in [6.07, 6.45) is 0. The molecular formula is C13H23N5O3S2. The number of rotatable bonds is 4. The molecule has 10 heteroatoms. The molecule has 2 rings (SSSR count). The summed E-state index contributed by atoms with van der Waals surface area (Å²) >= 11 is 1.40. The van der Waals surface area contributed by atoms with Crippen LogP contribution in [0.5, 0.6) is 0 Å². The van der Waals surface area contributed by atoms with Crippen LogP contribution >= 0.6 is 11.3 Å². The van der Waals surface area contributed by atoms with Gasteiger partial charge in [0.25, 0.3) is 10.2 Å². The van der Waals surface area contributed by atoms with Gasteiger partial charge in [-0.25, -0.2) is 10.1 Å². The van der Waals surface area contributed by atoms with Crippen molar-refractivity contribution in [2.75, 3.05) is 38.0 Å². The van der Waals surface area contributed by atoms with Crippen molar-refractivity contribution in [2.24, 2.45) is 5.14 Å². The third-order valence-corrected chi connectivity index (χ3v) is 5.42. The minimum absolute atomic E-state index is 0.0521. The first kappa shape index (κ1) is 18.3. The average molecular weight is 361 g/mol. The van der Waals surface area contributed by atoms with Crippen molar-refractivity contribution in [3.8, 4) is 0 Å². The molecule has 0 saturated carbocycles. The molecule has 3 N–H and O–H groups in total. The van der Waals surface area contributed by atoms with Crippen LogP contribution in [0.3, 0.4) is 0 Å². The minimum atomic E-state index is -3.64. The van der Waals surface area contributed by atoms with Crippen LogP contribution in [0.1, 0.15) is 26.5 Å². The number of anilines is 1. The van der Waals surface area contributed by atoms with E-state index in [1.807, 2.05) is 10.3 Å². The van der Waals surface area contributed by atoms with Gasteiger partial charge in [-0.3, -0.25) is 9.69 Å². The van der Waals surface area contributed by atoms with Crippen LogP contribution in [0, 0.1) is 0 Å². The van der Waals surface area contributed by atoms with E-state index in [4.69, 9.17) is 5.14 Å². The van der Waals surface area contributed by atoms with Crippen LogP contribution < -0.4 is 10.5 Å². The van der Waals surface area contributed by atoms with Crippen LogP contribution in [0.15, 0.2) is 5.38 Å². The van der Waals surface area contributed by atoms with E-state index in [2.05, 4.69) is 31.1 Å². The topological polar surface area (TPSA) is 109 Å². The van der Waals surface area contributed by atoms with Gasteiger partial charge in [0.1, 0.15) is 0 Å². The second kappa shape index (κ2) is 6.81. The number of thiazole rings is 1. The third kappa shape index (κ3) is 5.21. The molecule has 0 aliphatic carbocycles. The van der Waals surface area contributed by atoms with E-state index < -0.39 is 10.2 Å². The van der Waals surface area contributed by atoms with Gasteiger partial charge < -0.3 is 5.32 Å². The average Bonchev–Trinajstić information content (AvgIpc) is 2.86. The van der Waals surface area contributed by atoms with Crippen molar-refractivity contribution in [2.45, 2.75) is 26.2 Å². The SMILES string of the molecule is CC(C)(C)c1csc(NC(=O)CN2CCN(S(N)(=O)=O)CC2)n1. The van der Waals surface area contributed by atoms with Gasteiger partial charge in [-0.05, 0) is 0 Å². The summed E-state index contributed by atoms with van der Waals surface area (Å²) in [5.41, 5.74) is 0.892. The monoisotopic (exact) mass is 361 g/mol. The van der Waals surface area contributed by atoms with E-state index in [-0.39, 0.29) is 17.9 Å². The van der Waals surface area contributed by atoms with Crippen molar-refractivity contribution in [3.63, 3.8) is 0 Å². The Balaban J connectivity index is 1.83. The highest BCUT2D eigenvalue weighted by atomic mass is 32.2. The fourth-order valence-corrected chi connectivity index (χ4v) is 3.81. The molecule has 1 aliphatic rings. The van der Waals surface area contributed by atoms with Crippen LogP contribution in [0.4, 0.5) is 5.13 Å². The third-order valence-electron chi connectivity index (χ3n) is 3.58. The Bertz CT molecular complexity index is 657. The summed E-state index contributed by atoms with van der Waals surface area (Å²) in [7, 11) is -3.64. The summed E-state index contributed by atoms with van der Waals surface area (Å²) in [6, 6.07) is 0. The molecule has 1 aromatic heterocycles. The number of nitrogens with one attached hydrogen (secondary N) is 1. The minimum Gasteiger partial charge on any atom is -0.301 e. The van der Waals surface area contributed by atoms with Gasteiger partial charge in [-0.1, -0.05) is 20.8 Å². The number of carbonyl (C=O) groups is 1. The Hall–Kier alpha value is -1.07. The zero-order valence-electron chi connectivity index (χ0n) is 13.6. The van der Waals surface area contributed by atoms with Gasteiger partial charge in [0, 0.05) is 37.0 Å². The molecular weight excluding hydrogens is 338 g/mol. The molecule has 1 aromatic rings. The Morgan fingerprint density at radius 3 is 2.43 bits per heavy atom. The van der Waals surface area contributed by atoms with E-state index >= 15 is 0 Å². The lowest BCUT2D eigenvalue weighted by Crippen LogP contribution is -2.52. The van der Waals surface area contributed by atoms with Crippen LogP contribution in [0.25, 0.3) is 0 Å². The van der Waals surface area contributed by atoms with Gasteiger partial charge >= 0.3 is 0 Å². The Labute approximate surface area is 140 Å². The molecule has 0 atom stereocenters. The van der Waals surface area contributed by atoms with Gasteiger partial charge in [-0.2, -0.15) is 12.7 Å². The first-order valence-electron chi connectivity index (χ1n) is 7.32. The summed E-state index contributed by atoms with van der Waals surface area (Å²) in [5, 5.41) is 10.4. The van der Waals surface area contributed by atoms with Crippen molar-refractivity contribution >= 4 is 32.6 Å². The molecule has 1 amide bonds. The number of aromatic nitrogens is 1. The van der Waals surface area contributed by atoms with Crippen molar-refractivity contribution < 1.29 is 13.2 Å². The van der Waals surface area contributed by atoms with Crippen LogP contribution in [-0.4, -0.2) is 61.2 Å². The predicted octanol–water partition coefficient (Wildman–Crippen LogP) is 0.200. The van der Waals surface area contributed by atoms with Gasteiger partial charge in [0.05, 0.1) is 12.2 Å². The molecule has 8 nitrogen and oxygen atoms in total. The van der Waals surface area contributed by atoms with E-state index in [9.17, 15) is 13.2 Å². The summed E-state index contributed by atoms with van der Waals surface area (Å²) < 4.78 is 23.7. The van der Waals surface area contributed by atoms with Crippen LogP contribution in [-0.2, 0) is 20.4 Å². The van der Waals surface area contributed by atoms with Crippen molar-refractivity contribution in [3.05, 3.63) is 11.1 Å². The maximum absolute atomic E-state index is 12.1. The molecule has 2 heterocycles. The second-order valence-electron chi connectivity index (χ2n) is 6.56. The number of amides is 1. The lowest BCUT2D eigenvalue weighted by molar-refractivity contribution is -0.117. The van der Waals surface area contributed by atoms with E-state index in [1.54, 1.807) is 0 Å².